The summed E-state index contributed by atoms with van der Waals surface area (Å²) in [5, 5.41) is 14.5. The number of carbonyl (C=O) groups is 2. The molecular formula is C13H21N3O2. The second kappa shape index (κ2) is 6.39. The van der Waals surface area contributed by atoms with E-state index >= 15 is 0 Å². The smallest absolute Gasteiger partial charge is 0.240 e. The van der Waals surface area contributed by atoms with E-state index in [0.29, 0.717) is 19.4 Å². The molecule has 1 aliphatic rings. The highest BCUT2D eigenvalue weighted by Crippen LogP contribution is 2.40. The topological polar surface area (TPSA) is 82.0 Å². The number of hydrogen-bond donors (Lipinski definition) is 2. The molecular weight excluding hydrogens is 230 g/mol. The zero-order valence-corrected chi connectivity index (χ0v) is 11.1. The molecule has 0 spiro atoms. The molecule has 1 atom stereocenters. The maximum atomic E-state index is 11.8. The molecule has 1 saturated carbocycles. The summed E-state index contributed by atoms with van der Waals surface area (Å²) in [6.45, 7) is 4.24. The maximum Gasteiger partial charge on any atom is 0.240 e. The molecule has 2 amide bonds. The molecule has 0 radical (unpaired) electrons. The first-order chi connectivity index (χ1) is 8.54. The standard InChI is InChI=1S/C13H21N3O2/c1-3-10(2)16-11(17)5-8-15-12(18)13(9-14)6-4-7-13/h10H,3-8H2,1-2H3,(H,15,18)(H,16,17). The summed E-state index contributed by atoms with van der Waals surface area (Å²) in [5.41, 5.74) is -0.826. The fourth-order valence-corrected chi connectivity index (χ4v) is 1.83. The van der Waals surface area contributed by atoms with Crippen molar-refractivity contribution in [2.24, 2.45) is 5.41 Å². The van der Waals surface area contributed by atoms with E-state index in [2.05, 4.69) is 16.7 Å². The lowest BCUT2D eigenvalue weighted by Crippen LogP contribution is -2.45. The number of nitrogens with zero attached hydrogens (tertiary/aromatic N) is 1. The summed E-state index contributed by atoms with van der Waals surface area (Å²) < 4.78 is 0. The molecule has 1 unspecified atom stereocenters. The van der Waals surface area contributed by atoms with Gasteiger partial charge in [0.2, 0.25) is 11.8 Å². The minimum Gasteiger partial charge on any atom is -0.354 e. The van der Waals surface area contributed by atoms with Crippen molar-refractivity contribution >= 4 is 11.8 Å². The third-order valence-corrected chi connectivity index (χ3v) is 3.51. The molecule has 100 valence electrons. The lowest BCUT2D eigenvalue weighted by atomic mass is 9.69. The van der Waals surface area contributed by atoms with Crippen molar-refractivity contribution in [1.29, 1.82) is 5.26 Å². The number of nitrogens with one attached hydrogen (secondary N) is 2. The van der Waals surface area contributed by atoms with Crippen LogP contribution in [0.15, 0.2) is 0 Å². The fourth-order valence-electron chi connectivity index (χ4n) is 1.83. The van der Waals surface area contributed by atoms with Crippen LogP contribution in [0.1, 0.15) is 46.0 Å². The van der Waals surface area contributed by atoms with Crippen molar-refractivity contribution in [3.63, 3.8) is 0 Å². The molecule has 18 heavy (non-hydrogen) atoms. The third kappa shape index (κ3) is 3.46. The van der Waals surface area contributed by atoms with Crippen LogP contribution in [-0.4, -0.2) is 24.4 Å². The van der Waals surface area contributed by atoms with Crippen LogP contribution in [0.5, 0.6) is 0 Å². The van der Waals surface area contributed by atoms with E-state index in [-0.39, 0.29) is 24.3 Å². The Morgan fingerprint density at radius 1 is 1.44 bits per heavy atom. The predicted molar refractivity (Wildman–Crippen MR) is 67.4 cm³/mol. The number of carbonyl (C=O) groups excluding carboxylic acids is 2. The maximum absolute atomic E-state index is 11.8. The zero-order valence-electron chi connectivity index (χ0n) is 11.1. The molecule has 5 heteroatoms. The number of hydrogen-bond acceptors (Lipinski definition) is 3. The van der Waals surface area contributed by atoms with Gasteiger partial charge in [-0.05, 0) is 32.6 Å². The van der Waals surface area contributed by atoms with Gasteiger partial charge in [-0.2, -0.15) is 5.26 Å². The summed E-state index contributed by atoms with van der Waals surface area (Å²) >= 11 is 0. The Kier molecular flexibility index (Phi) is 5.14. The molecule has 0 aliphatic heterocycles. The van der Waals surface area contributed by atoms with Gasteiger partial charge in [-0.15, -0.1) is 0 Å². The first kappa shape index (κ1) is 14.5. The first-order valence-electron chi connectivity index (χ1n) is 6.53. The number of rotatable bonds is 6. The van der Waals surface area contributed by atoms with Crippen molar-refractivity contribution in [1.82, 2.24) is 10.6 Å². The minimum absolute atomic E-state index is 0.0655. The molecule has 0 heterocycles. The molecule has 0 aromatic heterocycles. The Bertz CT molecular complexity index is 356. The predicted octanol–water partition coefficient (Wildman–Crippen LogP) is 1.10. The molecule has 2 N–H and O–H groups in total. The molecule has 1 aliphatic carbocycles. The average molecular weight is 251 g/mol. The van der Waals surface area contributed by atoms with Gasteiger partial charge < -0.3 is 10.6 Å². The SMILES string of the molecule is CCC(C)NC(=O)CCNC(=O)C1(C#N)CCC1. The van der Waals surface area contributed by atoms with E-state index in [9.17, 15) is 9.59 Å². The van der Waals surface area contributed by atoms with E-state index in [1.54, 1.807) is 0 Å². The summed E-state index contributed by atoms with van der Waals surface area (Å²) in [7, 11) is 0. The van der Waals surface area contributed by atoms with E-state index < -0.39 is 5.41 Å². The Morgan fingerprint density at radius 2 is 2.11 bits per heavy atom. The summed E-state index contributed by atoms with van der Waals surface area (Å²) in [4.78, 5) is 23.2. The summed E-state index contributed by atoms with van der Waals surface area (Å²) in [5.74, 6) is -0.295. The van der Waals surface area contributed by atoms with Crippen LogP contribution in [0.4, 0.5) is 0 Å². The quantitative estimate of drug-likeness (QED) is 0.741. The fraction of sp³-hybridized carbons (Fsp3) is 0.769. The van der Waals surface area contributed by atoms with Crippen molar-refractivity contribution < 1.29 is 9.59 Å². The average Bonchev–Trinajstić information content (AvgIpc) is 2.28. The lowest BCUT2D eigenvalue weighted by molar-refractivity contribution is -0.131. The van der Waals surface area contributed by atoms with Crippen LogP contribution in [0.2, 0.25) is 0 Å². The third-order valence-electron chi connectivity index (χ3n) is 3.51. The van der Waals surface area contributed by atoms with Gasteiger partial charge in [0.05, 0.1) is 6.07 Å². The summed E-state index contributed by atoms with van der Waals surface area (Å²) in [6.07, 6.45) is 3.34. The van der Waals surface area contributed by atoms with Crippen LogP contribution in [0.25, 0.3) is 0 Å². The molecule has 0 aromatic rings. The Balaban J connectivity index is 2.24. The van der Waals surface area contributed by atoms with Crippen molar-refractivity contribution in [3.8, 4) is 6.07 Å². The van der Waals surface area contributed by atoms with E-state index in [0.717, 1.165) is 12.8 Å². The molecule has 5 nitrogen and oxygen atoms in total. The Morgan fingerprint density at radius 3 is 2.56 bits per heavy atom. The second-order valence-corrected chi connectivity index (χ2v) is 4.93. The van der Waals surface area contributed by atoms with Gasteiger partial charge in [-0.25, -0.2) is 0 Å². The second-order valence-electron chi connectivity index (χ2n) is 4.93. The van der Waals surface area contributed by atoms with Gasteiger partial charge in [-0.3, -0.25) is 9.59 Å². The van der Waals surface area contributed by atoms with Crippen molar-refractivity contribution in [2.45, 2.75) is 52.0 Å². The Labute approximate surface area is 108 Å². The Hall–Kier alpha value is -1.57. The van der Waals surface area contributed by atoms with E-state index in [1.165, 1.54) is 0 Å². The van der Waals surface area contributed by atoms with Gasteiger partial charge >= 0.3 is 0 Å². The first-order valence-corrected chi connectivity index (χ1v) is 6.53. The number of amides is 2. The normalized spacial score (nSPS) is 18.1. The number of nitriles is 1. The molecule has 0 aromatic carbocycles. The van der Waals surface area contributed by atoms with Gasteiger partial charge in [0.25, 0.3) is 0 Å². The van der Waals surface area contributed by atoms with Crippen LogP contribution >= 0.6 is 0 Å². The highest BCUT2D eigenvalue weighted by atomic mass is 16.2. The van der Waals surface area contributed by atoms with Gasteiger partial charge in [0.15, 0.2) is 0 Å². The molecule has 1 fully saturated rings. The van der Waals surface area contributed by atoms with Crippen LogP contribution in [0, 0.1) is 16.7 Å². The molecule has 0 saturated heterocycles. The zero-order chi connectivity index (χ0) is 13.6. The minimum atomic E-state index is -0.826. The molecule has 0 bridgehead atoms. The summed E-state index contributed by atoms with van der Waals surface area (Å²) in [6, 6.07) is 2.24. The largest absolute Gasteiger partial charge is 0.354 e. The van der Waals surface area contributed by atoms with Crippen LogP contribution in [0.3, 0.4) is 0 Å². The molecule has 1 rings (SSSR count). The lowest BCUT2D eigenvalue weighted by Gasteiger charge is -2.33. The van der Waals surface area contributed by atoms with Gasteiger partial charge in [-0.1, -0.05) is 6.92 Å². The van der Waals surface area contributed by atoms with E-state index in [4.69, 9.17) is 5.26 Å². The van der Waals surface area contributed by atoms with E-state index in [1.807, 2.05) is 13.8 Å². The monoisotopic (exact) mass is 251 g/mol. The highest BCUT2D eigenvalue weighted by Gasteiger charge is 2.44. The van der Waals surface area contributed by atoms with Crippen molar-refractivity contribution in [3.05, 3.63) is 0 Å². The van der Waals surface area contributed by atoms with Gasteiger partial charge in [0.1, 0.15) is 5.41 Å². The van der Waals surface area contributed by atoms with Crippen LogP contribution in [-0.2, 0) is 9.59 Å². The highest BCUT2D eigenvalue weighted by molar-refractivity contribution is 5.86. The van der Waals surface area contributed by atoms with Crippen LogP contribution < -0.4 is 10.6 Å². The van der Waals surface area contributed by atoms with Gasteiger partial charge in [0, 0.05) is 19.0 Å². The van der Waals surface area contributed by atoms with Crippen molar-refractivity contribution in [2.75, 3.05) is 6.54 Å².